The summed E-state index contributed by atoms with van der Waals surface area (Å²) < 4.78 is 0. The third-order valence-corrected chi connectivity index (χ3v) is 7.74. The molecule has 0 amide bonds. The molecule has 6 rings (SSSR count). The Morgan fingerprint density at radius 1 is 0.596 bits per heavy atom. The maximum Gasteiger partial charge on any atom is 0.0730 e. The first kappa shape index (κ1) is 35.5. The number of nitrogens with zero attached hydrogens (tertiary/aromatic N) is 4. The van der Waals surface area contributed by atoms with Gasteiger partial charge in [-0.1, -0.05) is 109 Å². The molecule has 0 saturated carbocycles. The largest absolute Gasteiger partial charge is 0.384 e. The molecule has 0 aliphatic rings. The van der Waals surface area contributed by atoms with Crippen LogP contribution >= 0.6 is 11.6 Å². The van der Waals surface area contributed by atoms with Crippen molar-refractivity contribution in [2.24, 2.45) is 5.73 Å². The summed E-state index contributed by atoms with van der Waals surface area (Å²) in [5.74, 6) is 0. The van der Waals surface area contributed by atoms with Gasteiger partial charge in [-0.15, -0.1) is 0 Å². The molecule has 2 aromatic heterocycles. The Labute approximate surface area is 285 Å². The summed E-state index contributed by atoms with van der Waals surface area (Å²) in [7, 11) is 8.32. The average Bonchev–Trinajstić information content (AvgIpc) is 3.10. The van der Waals surface area contributed by atoms with Crippen LogP contribution in [0.2, 0.25) is 5.02 Å². The van der Waals surface area contributed by atoms with Crippen molar-refractivity contribution in [1.29, 1.82) is 0 Å². The standard InChI is InChI=1S/C20H23N3.C15H10ClN.C5H14N2/c1-23(2)14-8-13-21-20-15-19(16-9-4-3-5-10-16)22-18-12-7-6-11-17(18)20;16-13-10-15(11-6-2-1-3-7-11)17-14-9-5-4-8-12(13)14;1-7(2)5-3-4-6/h3-7,9-12,15H,8,13-14H2,1-2H3,(H,21,22);1-10H;3-6H2,1-2H3. The maximum atomic E-state index is 6.27. The van der Waals surface area contributed by atoms with Crippen molar-refractivity contribution in [2.45, 2.75) is 12.8 Å². The van der Waals surface area contributed by atoms with Gasteiger partial charge in [0, 0.05) is 34.1 Å². The molecule has 47 heavy (non-hydrogen) atoms. The molecule has 0 unspecified atom stereocenters. The van der Waals surface area contributed by atoms with E-state index in [1.807, 2.05) is 72.8 Å². The molecule has 0 saturated heterocycles. The van der Waals surface area contributed by atoms with Crippen LogP contribution in [-0.2, 0) is 0 Å². The molecule has 3 N–H and O–H groups in total. The summed E-state index contributed by atoms with van der Waals surface area (Å²) in [5, 5.41) is 6.50. The van der Waals surface area contributed by atoms with Crippen LogP contribution < -0.4 is 11.1 Å². The van der Waals surface area contributed by atoms with E-state index in [1.165, 1.54) is 5.39 Å². The van der Waals surface area contributed by atoms with E-state index in [4.69, 9.17) is 22.3 Å². The zero-order valence-electron chi connectivity index (χ0n) is 28.0. The number of halogens is 1. The molecule has 0 aliphatic carbocycles. The molecular weight excluding hydrogens is 600 g/mol. The Morgan fingerprint density at radius 3 is 1.60 bits per heavy atom. The van der Waals surface area contributed by atoms with Crippen LogP contribution in [0.3, 0.4) is 0 Å². The quantitative estimate of drug-likeness (QED) is 0.145. The number of nitrogens with two attached hydrogens (primary N) is 1. The van der Waals surface area contributed by atoms with Crippen molar-refractivity contribution in [3.8, 4) is 22.5 Å². The van der Waals surface area contributed by atoms with E-state index in [1.54, 1.807) is 0 Å². The Bertz CT molecular complexity index is 1790. The Morgan fingerprint density at radius 2 is 1.06 bits per heavy atom. The number of hydrogen-bond acceptors (Lipinski definition) is 6. The summed E-state index contributed by atoms with van der Waals surface area (Å²) in [6, 6.07) is 40.7. The average molecular weight is 647 g/mol. The minimum atomic E-state index is 0.745. The summed E-state index contributed by atoms with van der Waals surface area (Å²) in [6.45, 7) is 3.96. The van der Waals surface area contributed by atoms with Gasteiger partial charge in [0.05, 0.1) is 27.4 Å². The van der Waals surface area contributed by atoms with E-state index < -0.39 is 0 Å². The second-order valence-electron chi connectivity index (χ2n) is 11.8. The highest BCUT2D eigenvalue weighted by Crippen LogP contribution is 2.29. The highest BCUT2D eigenvalue weighted by molar-refractivity contribution is 6.35. The van der Waals surface area contributed by atoms with Crippen molar-refractivity contribution in [2.75, 3.05) is 59.7 Å². The van der Waals surface area contributed by atoms with E-state index in [2.05, 4.69) is 96.8 Å². The molecule has 4 aromatic carbocycles. The van der Waals surface area contributed by atoms with Crippen LogP contribution in [0, 0.1) is 0 Å². The molecule has 0 fully saturated rings. The molecule has 0 atom stereocenters. The smallest absolute Gasteiger partial charge is 0.0730 e. The van der Waals surface area contributed by atoms with Crippen LogP contribution in [0.25, 0.3) is 44.3 Å². The maximum absolute atomic E-state index is 6.27. The van der Waals surface area contributed by atoms with Gasteiger partial charge < -0.3 is 20.9 Å². The molecule has 0 aliphatic heterocycles. The highest BCUT2D eigenvalue weighted by Gasteiger charge is 2.07. The Balaban J connectivity index is 0.000000182. The number of anilines is 1. The lowest BCUT2D eigenvalue weighted by Gasteiger charge is -2.14. The number of rotatable bonds is 10. The first-order valence-electron chi connectivity index (χ1n) is 16.1. The van der Waals surface area contributed by atoms with Gasteiger partial charge in [0.1, 0.15) is 0 Å². The fraction of sp³-hybridized carbons (Fsp3) is 0.250. The third-order valence-electron chi connectivity index (χ3n) is 7.43. The van der Waals surface area contributed by atoms with Crippen molar-refractivity contribution in [3.63, 3.8) is 0 Å². The van der Waals surface area contributed by atoms with E-state index >= 15 is 0 Å². The van der Waals surface area contributed by atoms with E-state index in [9.17, 15) is 0 Å². The van der Waals surface area contributed by atoms with Gasteiger partial charge in [-0.25, -0.2) is 9.97 Å². The fourth-order valence-electron chi connectivity index (χ4n) is 4.99. The van der Waals surface area contributed by atoms with Gasteiger partial charge >= 0.3 is 0 Å². The molecule has 7 heteroatoms. The highest BCUT2D eigenvalue weighted by atomic mass is 35.5. The lowest BCUT2D eigenvalue weighted by Crippen LogP contribution is -2.16. The normalized spacial score (nSPS) is 10.8. The molecule has 2 heterocycles. The van der Waals surface area contributed by atoms with Crippen molar-refractivity contribution in [3.05, 3.63) is 126 Å². The van der Waals surface area contributed by atoms with Gasteiger partial charge in [0.15, 0.2) is 0 Å². The first-order valence-corrected chi connectivity index (χ1v) is 16.5. The minimum absolute atomic E-state index is 0.745. The van der Waals surface area contributed by atoms with Crippen LogP contribution in [-0.4, -0.2) is 74.1 Å². The minimum Gasteiger partial charge on any atom is -0.384 e. The van der Waals surface area contributed by atoms with Gasteiger partial charge in [-0.3, -0.25) is 0 Å². The summed E-state index contributed by atoms with van der Waals surface area (Å²) in [4.78, 5) is 13.8. The van der Waals surface area contributed by atoms with Gasteiger partial charge in [-0.2, -0.15) is 0 Å². The predicted molar refractivity (Wildman–Crippen MR) is 203 cm³/mol. The molecule has 0 radical (unpaired) electrons. The number of pyridine rings is 2. The number of fused-ring (bicyclic) bond motifs is 2. The number of hydrogen-bond donors (Lipinski definition) is 2. The molecule has 0 bridgehead atoms. The monoisotopic (exact) mass is 646 g/mol. The van der Waals surface area contributed by atoms with Gasteiger partial charge in [0.25, 0.3) is 0 Å². The Hall–Kier alpha value is -4.33. The summed E-state index contributed by atoms with van der Waals surface area (Å²) in [5.41, 5.74) is 12.5. The van der Waals surface area contributed by atoms with E-state index in [-0.39, 0.29) is 0 Å². The molecule has 6 aromatic rings. The van der Waals surface area contributed by atoms with Gasteiger partial charge in [0.2, 0.25) is 0 Å². The third kappa shape index (κ3) is 11.2. The fourth-order valence-corrected chi connectivity index (χ4v) is 5.26. The molecule has 244 valence electrons. The zero-order chi connectivity index (χ0) is 33.4. The molecule has 6 nitrogen and oxygen atoms in total. The van der Waals surface area contributed by atoms with Crippen molar-refractivity contribution >= 4 is 39.1 Å². The zero-order valence-corrected chi connectivity index (χ0v) is 28.8. The summed E-state index contributed by atoms with van der Waals surface area (Å²) in [6.07, 6.45) is 2.22. The van der Waals surface area contributed by atoms with Crippen LogP contribution in [0.15, 0.2) is 121 Å². The van der Waals surface area contributed by atoms with Crippen LogP contribution in [0.1, 0.15) is 12.8 Å². The van der Waals surface area contributed by atoms with E-state index in [0.29, 0.717) is 0 Å². The van der Waals surface area contributed by atoms with E-state index in [0.717, 1.165) is 88.7 Å². The number of para-hydroxylation sites is 2. The summed E-state index contributed by atoms with van der Waals surface area (Å²) >= 11 is 6.27. The Kier molecular flexibility index (Phi) is 14.2. The number of benzene rings is 4. The lowest BCUT2D eigenvalue weighted by molar-refractivity contribution is 0.403. The van der Waals surface area contributed by atoms with Crippen molar-refractivity contribution in [1.82, 2.24) is 19.8 Å². The SMILES string of the molecule is CN(C)CCCN.CN(C)CCCNc1cc(-c2ccccc2)nc2ccccc12.Clc1cc(-c2ccccc2)nc2ccccc12. The first-order chi connectivity index (χ1) is 22.9. The predicted octanol–water partition coefficient (Wildman–Crippen LogP) is 8.72. The molecule has 0 spiro atoms. The second-order valence-corrected chi connectivity index (χ2v) is 12.2. The van der Waals surface area contributed by atoms with Crippen LogP contribution in [0.4, 0.5) is 5.69 Å². The second kappa shape index (κ2) is 18.7. The molecular formula is C40H47ClN6. The van der Waals surface area contributed by atoms with Gasteiger partial charge in [-0.05, 0) is 84.9 Å². The number of aromatic nitrogens is 2. The van der Waals surface area contributed by atoms with Crippen LogP contribution in [0.5, 0.6) is 0 Å². The van der Waals surface area contributed by atoms with Crippen molar-refractivity contribution < 1.29 is 0 Å². The topological polar surface area (TPSA) is 70.3 Å². The number of nitrogens with one attached hydrogen (secondary N) is 1. The lowest BCUT2D eigenvalue weighted by atomic mass is 10.1.